The van der Waals surface area contributed by atoms with Crippen LogP contribution in [0.3, 0.4) is 0 Å². The fraction of sp³-hybridized carbons (Fsp3) is 0.333. The second kappa shape index (κ2) is 7.04. The third-order valence-electron chi connectivity index (χ3n) is 5.25. The summed E-state index contributed by atoms with van der Waals surface area (Å²) in [4.78, 5) is 29.6. The van der Waals surface area contributed by atoms with E-state index in [1.165, 1.54) is 4.90 Å². The van der Waals surface area contributed by atoms with E-state index < -0.39 is 6.09 Å². The third-order valence-corrected chi connectivity index (χ3v) is 5.25. The lowest BCUT2D eigenvalue weighted by atomic mass is 9.97. The number of piperidine rings is 1. The van der Waals surface area contributed by atoms with Crippen LogP contribution in [0.25, 0.3) is 0 Å². The fourth-order valence-electron chi connectivity index (χ4n) is 3.84. The lowest BCUT2D eigenvalue weighted by Crippen LogP contribution is -2.43. The highest BCUT2D eigenvalue weighted by molar-refractivity contribution is 6.16. The molecular formula is C21H23N3O3. The van der Waals surface area contributed by atoms with Gasteiger partial charge in [0.15, 0.2) is 0 Å². The van der Waals surface area contributed by atoms with Crippen molar-refractivity contribution in [1.29, 1.82) is 0 Å². The van der Waals surface area contributed by atoms with Crippen molar-refractivity contribution in [1.82, 2.24) is 4.90 Å². The summed E-state index contributed by atoms with van der Waals surface area (Å²) in [7, 11) is 2.08. The maximum absolute atomic E-state index is 13.2. The van der Waals surface area contributed by atoms with Crippen molar-refractivity contribution < 1.29 is 14.3 Å². The van der Waals surface area contributed by atoms with Crippen molar-refractivity contribution >= 4 is 29.1 Å². The summed E-state index contributed by atoms with van der Waals surface area (Å²) < 4.78 is 5.92. The van der Waals surface area contributed by atoms with E-state index in [2.05, 4.69) is 24.2 Å². The average molecular weight is 365 g/mol. The molecule has 6 nitrogen and oxygen atoms in total. The van der Waals surface area contributed by atoms with Crippen LogP contribution in [0.15, 0.2) is 48.5 Å². The molecule has 140 valence electrons. The van der Waals surface area contributed by atoms with Gasteiger partial charge in [0.2, 0.25) is 0 Å². The number of amides is 2. The number of nitrogens with one attached hydrogen (secondary N) is 1. The van der Waals surface area contributed by atoms with Gasteiger partial charge in [0.1, 0.15) is 6.10 Å². The molecule has 27 heavy (non-hydrogen) atoms. The van der Waals surface area contributed by atoms with E-state index in [1.807, 2.05) is 24.3 Å². The van der Waals surface area contributed by atoms with E-state index in [1.54, 1.807) is 24.3 Å². The smallest absolute Gasteiger partial charge is 0.419 e. The Bertz CT molecular complexity index is 882. The molecule has 2 aliphatic rings. The maximum atomic E-state index is 13.2. The predicted molar refractivity (Wildman–Crippen MR) is 105 cm³/mol. The van der Waals surface area contributed by atoms with Crippen LogP contribution >= 0.6 is 0 Å². The Hall–Kier alpha value is -2.86. The number of para-hydroxylation sites is 3. The van der Waals surface area contributed by atoms with Gasteiger partial charge in [-0.1, -0.05) is 31.2 Å². The fourth-order valence-corrected chi connectivity index (χ4v) is 3.84. The van der Waals surface area contributed by atoms with E-state index in [-0.39, 0.29) is 17.9 Å². The lowest BCUT2D eigenvalue weighted by Gasteiger charge is -2.35. The first-order chi connectivity index (χ1) is 13.0. The van der Waals surface area contributed by atoms with Gasteiger partial charge in [0.25, 0.3) is 5.91 Å². The van der Waals surface area contributed by atoms with Crippen LogP contribution in [0.2, 0.25) is 0 Å². The van der Waals surface area contributed by atoms with E-state index in [9.17, 15) is 9.59 Å². The number of anilines is 3. The molecule has 2 heterocycles. The summed E-state index contributed by atoms with van der Waals surface area (Å²) in [6.45, 7) is 3.89. The van der Waals surface area contributed by atoms with Gasteiger partial charge < -0.3 is 15.0 Å². The molecule has 2 amide bonds. The number of hydrogen-bond acceptors (Lipinski definition) is 4. The zero-order valence-corrected chi connectivity index (χ0v) is 15.5. The molecule has 4 rings (SSSR count). The number of ether oxygens (including phenoxy) is 1. The number of nitrogens with zero attached hydrogens (tertiary/aromatic N) is 2. The average Bonchev–Trinajstić information content (AvgIpc) is 2.78. The Morgan fingerprint density at radius 2 is 1.81 bits per heavy atom. The second-order valence-electron chi connectivity index (χ2n) is 7.27. The molecule has 6 heteroatoms. The molecule has 2 aromatic rings. The summed E-state index contributed by atoms with van der Waals surface area (Å²) in [5.74, 6) is 0.0194. The number of carbonyl (C=O) groups excluding carboxylic acids is 2. The third kappa shape index (κ3) is 3.28. The molecule has 2 atom stereocenters. The molecule has 1 fully saturated rings. The number of rotatable bonds is 1. The highest BCUT2D eigenvalue weighted by Crippen LogP contribution is 2.38. The molecule has 1 saturated heterocycles. The molecule has 0 spiro atoms. The van der Waals surface area contributed by atoms with Crippen molar-refractivity contribution in [3.8, 4) is 0 Å². The first-order valence-electron chi connectivity index (χ1n) is 9.23. The summed E-state index contributed by atoms with van der Waals surface area (Å²) in [5.41, 5.74) is 2.18. The quantitative estimate of drug-likeness (QED) is 0.833. The first-order valence-corrected chi connectivity index (χ1v) is 9.23. The SMILES string of the molecule is C[C@H]1CN(C)CC[C@H]1OC(=O)N1c2ccccc2NC(=O)c2ccccc21. The normalized spacial score (nSPS) is 22.3. The van der Waals surface area contributed by atoms with Crippen molar-refractivity contribution in [2.75, 3.05) is 30.4 Å². The molecule has 0 aliphatic carbocycles. The van der Waals surface area contributed by atoms with Crippen LogP contribution < -0.4 is 10.2 Å². The van der Waals surface area contributed by atoms with Crippen LogP contribution in [0, 0.1) is 5.92 Å². The summed E-state index contributed by atoms with van der Waals surface area (Å²) in [6, 6.07) is 14.4. The van der Waals surface area contributed by atoms with Gasteiger partial charge in [-0.3, -0.25) is 4.79 Å². The topological polar surface area (TPSA) is 61.9 Å². The Kier molecular flexibility index (Phi) is 4.58. The predicted octanol–water partition coefficient (Wildman–Crippen LogP) is 3.87. The van der Waals surface area contributed by atoms with Gasteiger partial charge in [0.05, 0.1) is 22.6 Å². The van der Waals surface area contributed by atoms with Crippen LogP contribution in [-0.2, 0) is 4.74 Å². The number of fused-ring (bicyclic) bond motifs is 2. The minimum absolute atomic E-state index is 0.139. The van der Waals surface area contributed by atoms with Crippen LogP contribution in [0.4, 0.5) is 21.9 Å². The minimum atomic E-state index is -0.451. The highest BCUT2D eigenvalue weighted by Gasteiger charge is 2.34. The highest BCUT2D eigenvalue weighted by atomic mass is 16.6. The van der Waals surface area contributed by atoms with E-state index in [4.69, 9.17) is 4.74 Å². The monoisotopic (exact) mass is 365 g/mol. The zero-order chi connectivity index (χ0) is 19.0. The van der Waals surface area contributed by atoms with Gasteiger partial charge in [-0.2, -0.15) is 0 Å². The van der Waals surface area contributed by atoms with E-state index in [0.29, 0.717) is 22.6 Å². The van der Waals surface area contributed by atoms with E-state index in [0.717, 1.165) is 19.5 Å². The van der Waals surface area contributed by atoms with Crippen LogP contribution in [0.1, 0.15) is 23.7 Å². The largest absolute Gasteiger partial charge is 0.445 e. The Labute approximate surface area is 158 Å². The van der Waals surface area contributed by atoms with Gasteiger partial charge in [-0.25, -0.2) is 9.69 Å². The van der Waals surface area contributed by atoms with Crippen molar-refractivity contribution in [3.63, 3.8) is 0 Å². The standard InChI is InChI=1S/C21H23N3O3/c1-14-13-23(2)12-11-19(14)27-21(26)24-17-9-5-3-7-15(17)20(25)22-16-8-4-6-10-18(16)24/h3-10,14,19H,11-13H2,1-2H3,(H,22,25)/t14-,19+/m0/s1. The van der Waals surface area contributed by atoms with Crippen molar-refractivity contribution in [3.05, 3.63) is 54.1 Å². The molecule has 2 aliphatic heterocycles. The molecule has 0 unspecified atom stereocenters. The zero-order valence-electron chi connectivity index (χ0n) is 15.5. The molecule has 0 saturated carbocycles. The maximum Gasteiger partial charge on any atom is 0.419 e. The molecule has 1 N–H and O–H groups in total. The molecule has 2 aromatic carbocycles. The van der Waals surface area contributed by atoms with Crippen LogP contribution in [0.5, 0.6) is 0 Å². The molecular weight excluding hydrogens is 342 g/mol. The number of hydrogen-bond donors (Lipinski definition) is 1. The van der Waals surface area contributed by atoms with Gasteiger partial charge in [0, 0.05) is 19.0 Å². The van der Waals surface area contributed by atoms with Crippen molar-refractivity contribution in [2.45, 2.75) is 19.4 Å². The Morgan fingerprint density at radius 1 is 1.11 bits per heavy atom. The van der Waals surface area contributed by atoms with Gasteiger partial charge in [-0.15, -0.1) is 0 Å². The van der Waals surface area contributed by atoms with Gasteiger partial charge >= 0.3 is 6.09 Å². The molecule has 0 aromatic heterocycles. The van der Waals surface area contributed by atoms with Gasteiger partial charge in [-0.05, 0) is 37.7 Å². The number of carbonyl (C=O) groups is 2. The Morgan fingerprint density at radius 3 is 2.59 bits per heavy atom. The number of benzene rings is 2. The summed E-state index contributed by atoms with van der Waals surface area (Å²) >= 11 is 0. The molecule has 0 bridgehead atoms. The Balaban J connectivity index is 1.71. The number of likely N-dealkylation sites (tertiary alicyclic amines) is 1. The first kappa shape index (κ1) is 17.5. The minimum Gasteiger partial charge on any atom is -0.445 e. The summed E-state index contributed by atoms with van der Waals surface area (Å²) in [5, 5.41) is 2.89. The molecule has 0 radical (unpaired) electrons. The second-order valence-corrected chi connectivity index (χ2v) is 7.27. The summed E-state index contributed by atoms with van der Waals surface area (Å²) in [6.07, 6.45) is 0.213. The van der Waals surface area contributed by atoms with Crippen molar-refractivity contribution in [2.24, 2.45) is 5.92 Å². The lowest BCUT2D eigenvalue weighted by molar-refractivity contribution is 0.0262. The van der Waals surface area contributed by atoms with E-state index >= 15 is 0 Å². The van der Waals surface area contributed by atoms with Crippen LogP contribution in [-0.4, -0.2) is 43.1 Å².